The molecule has 0 aliphatic carbocycles. The number of rotatable bonds is 4. The normalized spacial score (nSPS) is 11.7. The minimum atomic E-state index is 0.616. The Hall–Kier alpha value is -7.48. The lowest BCUT2D eigenvalue weighted by Gasteiger charge is -2.12. The molecule has 0 radical (unpaired) electrons. The Morgan fingerprint density at radius 3 is 1.81 bits per heavy atom. The van der Waals surface area contributed by atoms with Gasteiger partial charge in [0.25, 0.3) is 0 Å². The maximum Gasteiger partial charge on any atom is 0.139 e. The third-order valence-corrected chi connectivity index (χ3v) is 11.0. The van der Waals surface area contributed by atoms with Gasteiger partial charge in [-0.05, 0) is 87.6 Å². The van der Waals surface area contributed by atoms with E-state index in [1.54, 1.807) is 0 Å². The Bertz CT molecular complexity index is 3330. The van der Waals surface area contributed by atoms with Gasteiger partial charge >= 0.3 is 0 Å². The summed E-state index contributed by atoms with van der Waals surface area (Å²) in [7, 11) is 0. The smallest absolute Gasteiger partial charge is 0.139 e. The van der Waals surface area contributed by atoms with Crippen molar-refractivity contribution in [3.05, 3.63) is 188 Å². The number of nitriles is 1. The van der Waals surface area contributed by atoms with Crippen LogP contribution in [0.1, 0.15) is 5.56 Å². The van der Waals surface area contributed by atoms with Gasteiger partial charge in [0.15, 0.2) is 0 Å². The summed E-state index contributed by atoms with van der Waals surface area (Å²) in [4.78, 5) is 5.05. The number of hydrogen-bond donors (Lipinski definition) is 0. The van der Waals surface area contributed by atoms with Crippen molar-refractivity contribution >= 4 is 65.3 Å². The van der Waals surface area contributed by atoms with E-state index in [9.17, 15) is 5.26 Å². The Labute approximate surface area is 311 Å². The van der Waals surface area contributed by atoms with Crippen molar-refractivity contribution in [3.63, 3.8) is 0 Å². The van der Waals surface area contributed by atoms with Gasteiger partial charge < -0.3 is 4.57 Å². The fraction of sp³-hybridized carbons (Fsp3) is 0. The van der Waals surface area contributed by atoms with E-state index in [4.69, 9.17) is 4.98 Å². The van der Waals surface area contributed by atoms with Crippen molar-refractivity contribution in [2.24, 2.45) is 0 Å². The Morgan fingerprint density at radius 2 is 1.00 bits per heavy atom. The first-order chi connectivity index (χ1) is 26.7. The zero-order valence-corrected chi connectivity index (χ0v) is 29.1. The average Bonchev–Trinajstić information content (AvgIpc) is 3.75. The quantitative estimate of drug-likeness (QED) is 0.185. The summed E-state index contributed by atoms with van der Waals surface area (Å²) in [5, 5.41) is 18.2. The molecule has 3 aromatic heterocycles. The molecule has 0 aliphatic heterocycles. The van der Waals surface area contributed by atoms with Gasteiger partial charge in [0.1, 0.15) is 5.82 Å². The van der Waals surface area contributed by atoms with Gasteiger partial charge in [-0.1, -0.05) is 127 Å². The topological polar surface area (TPSA) is 46.5 Å². The predicted molar refractivity (Wildman–Crippen MR) is 224 cm³/mol. The van der Waals surface area contributed by atoms with Crippen LogP contribution in [0.2, 0.25) is 0 Å². The maximum absolute atomic E-state index is 10.1. The van der Waals surface area contributed by atoms with Crippen molar-refractivity contribution in [3.8, 4) is 39.8 Å². The highest BCUT2D eigenvalue weighted by molar-refractivity contribution is 6.12. The summed E-state index contributed by atoms with van der Waals surface area (Å²) in [6.07, 6.45) is 0. The van der Waals surface area contributed by atoms with Crippen molar-refractivity contribution < 1.29 is 0 Å². The van der Waals surface area contributed by atoms with Gasteiger partial charge in [0, 0.05) is 32.6 Å². The molecule has 0 saturated carbocycles. The van der Waals surface area contributed by atoms with E-state index in [-0.39, 0.29) is 0 Å². The van der Waals surface area contributed by atoms with E-state index < -0.39 is 0 Å². The molecule has 250 valence electrons. The number of benzene rings is 8. The number of aromatic nitrogens is 3. The molecule has 4 heteroatoms. The van der Waals surface area contributed by atoms with E-state index in [1.165, 1.54) is 43.7 Å². The molecule has 0 bridgehead atoms. The number of para-hydroxylation sites is 3. The van der Waals surface area contributed by atoms with Crippen LogP contribution in [0.4, 0.5) is 0 Å². The molecule has 0 unspecified atom stereocenters. The lowest BCUT2D eigenvalue weighted by Crippen LogP contribution is -1.99. The molecule has 0 spiro atoms. The zero-order chi connectivity index (χ0) is 35.8. The molecular weight excluding hydrogens is 657 g/mol. The van der Waals surface area contributed by atoms with Gasteiger partial charge in [-0.15, -0.1) is 0 Å². The average molecular weight is 687 g/mol. The molecule has 0 amide bonds. The van der Waals surface area contributed by atoms with Crippen molar-refractivity contribution in [1.82, 2.24) is 14.1 Å². The second-order valence-electron chi connectivity index (χ2n) is 13.9. The largest absolute Gasteiger partial charge is 0.309 e. The molecule has 8 aromatic carbocycles. The summed E-state index contributed by atoms with van der Waals surface area (Å²) < 4.78 is 4.58. The van der Waals surface area contributed by atoms with E-state index in [2.05, 4.69) is 167 Å². The molecule has 0 atom stereocenters. The predicted octanol–water partition coefficient (Wildman–Crippen LogP) is 12.8. The molecule has 11 rings (SSSR count). The number of fused-ring (bicyclic) bond motifs is 8. The standard InChI is InChI=1S/C50H30N4/c51-31-36-30-50(52-45-17-6-3-13-40(36)45)54-47-19-8-5-15-42(47)44-28-34(23-27-48(44)54)35-22-26-43-41-14-4-7-18-46(41)53(49(43)29-35)37-24-20-33(21-25-37)39-16-9-11-32-10-1-2-12-38(32)39/h1-30H. The lowest BCUT2D eigenvalue weighted by molar-refractivity contribution is 1.10. The first-order valence-electron chi connectivity index (χ1n) is 18.2. The van der Waals surface area contributed by atoms with Crippen LogP contribution in [-0.2, 0) is 0 Å². The van der Waals surface area contributed by atoms with Crippen LogP contribution in [0.25, 0.3) is 99.0 Å². The highest BCUT2D eigenvalue weighted by Gasteiger charge is 2.18. The zero-order valence-electron chi connectivity index (χ0n) is 29.1. The van der Waals surface area contributed by atoms with E-state index in [0.717, 1.165) is 55.3 Å². The van der Waals surface area contributed by atoms with Crippen LogP contribution < -0.4 is 0 Å². The Kier molecular flexibility index (Phi) is 6.58. The summed E-state index contributed by atoms with van der Waals surface area (Å²) >= 11 is 0. The molecule has 54 heavy (non-hydrogen) atoms. The summed E-state index contributed by atoms with van der Waals surface area (Å²) in [5.41, 5.74) is 11.7. The van der Waals surface area contributed by atoms with Crippen molar-refractivity contribution in [1.29, 1.82) is 5.26 Å². The molecule has 4 nitrogen and oxygen atoms in total. The molecule has 0 fully saturated rings. The molecule has 11 aromatic rings. The van der Waals surface area contributed by atoms with Crippen molar-refractivity contribution in [2.75, 3.05) is 0 Å². The minimum absolute atomic E-state index is 0.616. The maximum atomic E-state index is 10.1. The third-order valence-electron chi connectivity index (χ3n) is 11.0. The van der Waals surface area contributed by atoms with E-state index in [1.807, 2.05) is 30.3 Å². The van der Waals surface area contributed by atoms with Gasteiger partial charge in [-0.25, -0.2) is 4.98 Å². The van der Waals surface area contributed by atoms with Gasteiger partial charge in [0.2, 0.25) is 0 Å². The second-order valence-corrected chi connectivity index (χ2v) is 13.9. The fourth-order valence-electron chi connectivity index (χ4n) is 8.46. The van der Waals surface area contributed by atoms with Crippen LogP contribution in [0.15, 0.2) is 182 Å². The summed E-state index contributed by atoms with van der Waals surface area (Å²) in [6.45, 7) is 0. The summed E-state index contributed by atoms with van der Waals surface area (Å²) in [5.74, 6) is 0.738. The molecular formula is C50H30N4. The SMILES string of the molecule is N#Cc1cc(-n2c3ccccc3c3cc(-c4ccc5c6ccccc6n(-c6ccc(-c7cccc8ccccc78)cc6)c5c4)ccc32)nc2ccccc12. The van der Waals surface area contributed by atoms with Gasteiger partial charge in [-0.3, -0.25) is 4.57 Å². The van der Waals surface area contributed by atoms with Crippen molar-refractivity contribution in [2.45, 2.75) is 0 Å². The Balaban J connectivity index is 1.07. The third kappa shape index (κ3) is 4.52. The highest BCUT2D eigenvalue weighted by Crippen LogP contribution is 2.39. The first-order valence-corrected chi connectivity index (χ1v) is 18.2. The number of nitrogens with zero attached hydrogens (tertiary/aromatic N) is 4. The lowest BCUT2D eigenvalue weighted by atomic mass is 9.98. The van der Waals surface area contributed by atoms with Crippen LogP contribution in [0.3, 0.4) is 0 Å². The molecule has 0 aliphatic rings. The second kappa shape index (κ2) is 11.8. The minimum Gasteiger partial charge on any atom is -0.309 e. The first kappa shape index (κ1) is 30.2. The Morgan fingerprint density at radius 1 is 0.407 bits per heavy atom. The summed E-state index contributed by atoms with van der Waals surface area (Å²) in [6, 6.07) is 66.9. The van der Waals surface area contributed by atoms with Crippen LogP contribution >= 0.6 is 0 Å². The number of pyridine rings is 1. The van der Waals surface area contributed by atoms with Crippen LogP contribution in [-0.4, -0.2) is 14.1 Å². The number of hydrogen-bond acceptors (Lipinski definition) is 2. The van der Waals surface area contributed by atoms with Crippen LogP contribution in [0.5, 0.6) is 0 Å². The molecule has 0 N–H and O–H groups in total. The van der Waals surface area contributed by atoms with Crippen LogP contribution in [0, 0.1) is 11.3 Å². The van der Waals surface area contributed by atoms with Gasteiger partial charge in [0.05, 0.1) is 39.2 Å². The van der Waals surface area contributed by atoms with E-state index in [0.29, 0.717) is 5.56 Å². The molecule has 0 saturated heterocycles. The van der Waals surface area contributed by atoms with E-state index >= 15 is 0 Å². The molecule has 3 heterocycles. The van der Waals surface area contributed by atoms with Gasteiger partial charge in [-0.2, -0.15) is 5.26 Å². The monoisotopic (exact) mass is 686 g/mol. The fourth-order valence-corrected chi connectivity index (χ4v) is 8.46. The highest BCUT2D eigenvalue weighted by atomic mass is 15.1.